The molecule has 0 aliphatic heterocycles. The van der Waals surface area contributed by atoms with Gasteiger partial charge in [-0.2, -0.15) is 0 Å². The van der Waals surface area contributed by atoms with E-state index in [-0.39, 0.29) is 25.0 Å². The van der Waals surface area contributed by atoms with Crippen molar-refractivity contribution in [3.05, 3.63) is 27.8 Å². The van der Waals surface area contributed by atoms with Gasteiger partial charge >= 0.3 is 0 Å². The second kappa shape index (κ2) is 6.89. The molecule has 1 rings (SSSR count). The molecule has 1 atom stereocenters. The van der Waals surface area contributed by atoms with Gasteiger partial charge in [-0.3, -0.25) is 0 Å². The predicted octanol–water partition coefficient (Wildman–Crippen LogP) is 2.28. The lowest BCUT2D eigenvalue weighted by Crippen LogP contribution is -2.38. The Labute approximate surface area is 128 Å². The highest BCUT2D eigenvalue weighted by molar-refractivity contribution is 7.89. The smallest absolute Gasteiger partial charge is 0.241 e. The maximum Gasteiger partial charge on any atom is 0.241 e. The first-order valence-electron chi connectivity index (χ1n) is 6.42. The van der Waals surface area contributed by atoms with Crippen molar-refractivity contribution >= 4 is 22.4 Å². The Morgan fingerprint density at radius 3 is 1.65 bits per heavy atom. The van der Waals surface area contributed by atoms with Gasteiger partial charge in [0.15, 0.2) is 0 Å². The molecule has 0 bridgehead atoms. The van der Waals surface area contributed by atoms with E-state index in [4.69, 9.17) is 5.73 Å². The monoisotopic (exact) mass is 320 g/mol. The van der Waals surface area contributed by atoms with Crippen molar-refractivity contribution in [2.24, 2.45) is 5.73 Å². The Balaban J connectivity index is 0.00000361. The summed E-state index contributed by atoms with van der Waals surface area (Å²) in [6, 6.07) is -0.272. The fourth-order valence-corrected chi connectivity index (χ4v) is 4.10. The standard InChI is InChI=1S/C14H24N2O2S.ClH/c1-8(7-15)16-19(17,18)14-12(5)10(3)9(2)11(4)13(14)6;/h8,16H,7,15H2,1-6H3;1H/t8-;/m0./s1. The fourth-order valence-electron chi connectivity index (χ4n) is 2.24. The second-order valence-electron chi connectivity index (χ2n) is 5.21. The van der Waals surface area contributed by atoms with E-state index in [1.165, 1.54) is 0 Å². The summed E-state index contributed by atoms with van der Waals surface area (Å²) in [5.41, 5.74) is 10.3. The van der Waals surface area contributed by atoms with Crippen molar-refractivity contribution in [2.75, 3.05) is 6.54 Å². The molecule has 0 saturated heterocycles. The van der Waals surface area contributed by atoms with Gasteiger partial charge < -0.3 is 5.73 Å². The summed E-state index contributed by atoms with van der Waals surface area (Å²) >= 11 is 0. The molecule has 0 saturated carbocycles. The molecule has 0 aliphatic carbocycles. The van der Waals surface area contributed by atoms with Gasteiger partial charge in [-0.15, -0.1) is 12.4 Å². The number of sulfonamides is 1. The first-order chi connectivity index (χ1) is 8.63. The van der Waals surface area contributed by atoms with Crippen LogP contribution in [-0.2, 0) is 10.0 Å². The van der Waals surface area contributed by atoms with Crippen LogP contribution in [0.15, 0.2) is 4.90 Å². The summed E-state index contributed by atoms with van der Waals surface area (Å²) < 4.78 is 27.6. The van der Waals surface area contributed by atoms with E-state index in [1.807, 2.05) is 34.6 Å². The maximum atomic E-state index is 12.5. The summed E-state index contributed by atoms with van der Waals surface area (Å²) in [5.74, 6) is 0. The Hall–Kier alpha value is -0.620. The van der Waals surface area contributed by atoms with Crippen LogP contribution in [0.3, 0.4) is 0 Å². The lowest BCUT2D eigenvalue weighted by Gasteiger charge is -2.20. The molecule has 0 heterocycles. The predicted molar refractivity (Wildman–Crippen MR) is 86.2 cm³/mol. The lowest BCUT2D eigenvalue weighted by molar-refractivity contribution is 0.561. The largest absolute Gasteiger partial charge is 0.329 e. The molecule has 0 spiro atoms. The van der Waals surface area contributed by atoms with Crippen LogP contribution in [-0.4, -0.2) is 21.0 Å². The minimum absolute atomic E-state index is 0. The zero-order valence-electron chi connectivity index (χ0n) is 13.0. The van der Waals surface area contributed by atoms with Crippen LogP contribution in [0, 0.1) is 34.6 Å². The molecule has 0 aromatic heterocycles. The molecule has 0 aliphatic rings. The molecule has 6 heteroatoms. The summed E-state index contributed by atoms with van der Waals surface area (Å²) in [5, 5.41) is 0. The average Bonchev–Trinajstić information content (AvgIpc) is 2.33. The van der Waals surface area contributed by atoms with E-state index in [9.17, 15) is 8.42 Å². The number of rotatable bonds is 4. The SMILES string of the molecule is Cc1c(C)c(C)c(S(=O)(=O)N[C@@H](C)CN)c(C)c1C.Cl. The highest BCUT2D eigenvalue weighted by Crippen LogP contribution is 2.29. The zero-order valence-corrected chi connectivity index (χ0v) is 14.6. The molecule has 0 fully saturated rings. The van der Waals surface area contributed by atoms with Gasteiger partial charge in [-0.25, -0.2) is 13.1 Å². The van der Waals surface area contributed by atoms with E-state index in [0.717, 1.165) is 27.8 Å². The second-order valence-corrected chi connectivity index (χ2v) is 6.86. The molecule has 0 radical (unpaired) electrons. The summed E-state index contributed by atoms with van der Waals surface area (Å²) in [4.78, 5) is 0.397. The third kappa shape index (κ3) is 3.52. The van der Waals surface area contributed by atoms with Gasteiger partial charge in [0.25, 0.3) is 0 Å². The van der Waals surface area contributed by atoms with Crippen molar-refractivity contribution in [1.82, 2.24) is 4.72 Å². The van der Waals surface area contributed by atoms with Crippen LogP contribution in [0.2, 0.25) is 0 Å². The average molecular weight is 321 g/mol. The molecule has 116 valence electrons. The Morgan fingerprint density at radius 2 is 1.30 bits per heavy atom. The first kappa shape index (κ1) is 19.4. The lowest BCUT2D eigenvalue weighted by atomic mass is 9.95. The van der Waals surface area contributed by atoms with Crippen molar-refractivity contribution in [1.29, 1.82) is 0 Å². The third-order valence-corrected chi connectivity index (χ3v) is 5.77. The van der Waals surface area contributed by atoms with Gasteiger partial charge in [0.2, 0.25) is 10.0 Å². The summed E-state index contributed by atoms with van der Waals surface area (Å²) in [7, 11) is -3.52. The highest BCUT2D eigenvalue weighted by atomic mass is 35.5. The van der Waals surface area contributed by atoms with Crippen LogP contribution in [0.5, 0.6) is 0 Å². The highest BCUT2D eigenvalue weighted by Gasteiger charge is 2.24. The normalized spacial score (nSPS) is 12.9. The quantitative estimate of drug-likeness (QED) is 0.894. The maximum absolute atomic E-state index is 12.5. The molecule has 20 heavy (non-hydrogen) atoms. The Kier molecular flexibility index (Phi) is 6.68. The van der Waals surface area contributed by atoms with Gasteiger partial charge in [0, 0.05) is 12.6 Å². The molecule has 0 unspecified atom stereocenters. The van der Waals surface area contributed by atoms with E-state index in [2.05, 4.69) is 4.72 Å². The molecular formula is C14H25ClN2O2S. The molecule has 4 nitrogen and oxygen atoms in total. The van der Waals surface area contributed by atoms with Gasteiger partial charge in [0.1, 0.15) is 0 Å². The minimum atomic E-state index is -3.52. The Morgan fingerprint density at radius 1 is 0.950 bits per heavy atom. The van der Waals surface area contributed by atoms with E-state index < -0.39 is 10.0 Å². The summed E-state index contributed by atoms with van der Waals surface area (Å²) in [6.07, 6.45) is 0. The number of nitrogens with two attached hydrogens (primary N) is 1. The number of hydrogen-bond donors (Lipinski definition) is 2. The van der Waals surface area contributed by atoms with Gasteiger partial charge in [-0.05, 0) is 69.4 Å². The number of benzene rings is 1. The van der Waals surface area contributed by atoms with Crippen molar-refractivity contribution in [3.63, 3.8) is 0 Å². The van der Waals surface area contributed by atoms with Gasteiger partial charge in [-0.1, -0.05) is 0 Å². The summed E-state index contributed by atoms with van der Waals surface area (Å²) in [6.45, 7) is 11.7. The Bertz CT molecular complexity index is 569. The third-order valence-electron chi connectivity index (χ3n) is 3.91. The van der Waals surface area contributed by atoms with Crippen molar-refractivity contribution < 1.29 is 8.42 Å². The zero-order chi connectivity index (χ0) is 15.0. The van der Waals surface area contributed by atoms with E-state index in [0.29, 0.717) is 4.90 Å². The van der Waals surface area contributed by atoms with Crippen LogP contribution in [0.1, 0.15) is 34.7 Å². The molecule has 3 N–H and O–H groups in total. The fraction of sp³-hybridized carbons (Fsp3) is 0.571. The van der Waals surface area contributed by atoms with E-state index in [1.54, 1.807) is 6.92 Å². The van der Waals surface area contributed by atoms with Gasteiger partial charge in [0.05, 0.1) is 4.90 Å². The minimum Gasteiger partial charge on any atom is -0.329 e. The number of halogens is 1. The van der Waals surface area contributed by atoms with Crippen LogP contribution < -0.4 is 10.5 Å². The number of hydrogen-bond acceptors (Lipinski definition) is 3. The van der Waals surface area contributed by atoms with Crippen molar-refractivity contribution in [3.8, 4) is 0 Å². The first-order valence-corrected chi connectivity index (χ1v) is 7.91. The molecule has 1 aromatic carbocycles. The van der Waals surface area contributed by atoms with Crippen LogP contribution >= 0.6 is 12.4 Å². The topological polar surface area (TPSA) is 72.2 Å². The van der Waals surface area contributed by atoms with Crippen LogP contribution in [0.25, 0.3) is 0 Å². The van der Waals surface area contributed by atoms with Crippen molar-refractivity contribution in [2.45, 2.75) is 52.5 Å². The number of nitrogens with one attached hydrogen (secondary N) is 1. The molecule has 0 amide bonds. The van der Waals surface area contributed by atoms with E-state index >= 15 is 0 Å². The molecule has 1 aromatic rings. The van der Waals surface area contributed by atoms with Crippen LogP contribution in [0.4, 0.5) is 0 Å². The molecular weight excluding hydrogens is 296 g/mol.